The number of rotatable bonds is 3. The van der Waals surface area contributed by atoms with E-state index in [9.17, 15) is 4.79 Å². The van der Waals surface area contributed by atoms with E-state index >= 15 is 0 Å². The Balaban J connectivity index is 2.72. The molecule has 1 aliphatic rings. The first-order valence-electron chi connectivity index (χ1n) is 4.86. The highest BCUT2D eigenvalue weighted by molar-refractivity contribution is 5.38. The van der Waals surface area contributed by atoms with Gasteiger partial charge in [-0.15, -0.1) is 0 Å². The molecule has 0 aromatic rings. The Bertz CT molecular complexity index is 206. The molecule has 74 valence electrons. The Labute approximate surface area is 80.0 Å². The van der Waals surface area contributed by atoms with Crippen LogP contribution in [0.3, 0.4) is 0 Å². The quantitative estimate of drug-likeness (QED) is 0.495. The molecule has 1 aliphatic carbocycles. The molecule has 2 atom stereocenters. The molecule has 13 heavy (non-hydrogen) atoms. The second kappa shape index (κ2) is 3.95. The predicted molar refractivity (Wildman–Crippen MR) is 52.3 cm³/mol. The highest BCUT2D eigenvalue weighted by Gasteiger charge is 2.34. The first-order valence-corrected chi connectivity index (χ1v) is 4.86. The lowest BCUT2D eigenvalue weighted by molar-refractivity contribution is -0.145. The van der Waals surface area contributed by atoms with Crippen molar-refractivity contribution in [3.8, 4) is 0 Å². The monoisotopic (exact) mass is 182 g/mol. The minimum absolute atomic E-state index is 0.353. The summed E-state index contributed by atoms with van der Waals surface area (Å²) >= 11 is 0. The van der Waals surface area contributed by atoms with Crippen LogP contribution < -0.4 is 0 Å². The highest BCUT2D eigenvalue weighted by Crippen LogP contribution is 2.34. The summed E-state index contributed by atoms with van der Waals surface area (Å²) in [6.45, 7) is 6.70. The zero-order valence-corrected chi connectivity index (χ0v) is 8.62. The average molecular weight is 182 g/mol. The topological polar surface area (TPSA) is 26.3 Å². The van der Waals surface area contributed by atoms with Crippen molar-refractivity contribution in [3.05, 3.63) is 12.2 Å². The van der Waals surface area contributed by atoms with Gasteiger partial charge in [0.2, 0.25) is 0 Å². The number of carbonyl (C=O) groups is 1. The number of ether oxygens (including phenoxy) is 1. The Morgan fingerprint density at radius 2 is 2.23 bits per heavy atom. The molecule has 0 saturated heterocycles. The lowest BCUT2D eigenvalue weighted by atomic mass is 9.76. The van der Waals surface area contributed by atoms with Crippen molar-refractivity contribution in [1.29, 1.82) is 0 Å². The Morgan fingerprint density at radius 1 is 1.54 bits per heavy atom. The standard InChI is InChI=1S/C11H18O2/c1-9-6-4-5-7-10(9)11(2,3)13-8-12/h5,7-10H,4,6H2,1-3H3. The SMILES string of the molecule is CC1CCC=CC1C(C)(C)OC=O. The number of hydrogen-bond donors (Lipinski definition) is 0. The van der Waals surface area contributed by atoms with Crippen LogP contribution in [-0.4, -0.2) is 12.1 Å². The molecular formula is C11H18O2. The van der Waals surface area contributed by atoms with Gasteiger partial charge in [-0.25, -0.2) is 0 Å². The predicted octanol–water partition coefficient (Wildman–Crippen LogP) is 2.54. The minimum Gasteiger partial charge on any atom is -0.461 e. The van der Waals surface area contributed by atoms with Crippen LogP contribution in [0.4, 0.5) is 0 Å². The molecule has 0 spiro atoms. The largest absolute Gasteiger partial charge is 0.461 e. The van der Waals surface area contributed by atoms with Gasteiger partial charge in [0.05, 0.1) is 0 Å². The molecule has 1 rings (SSSR count). The van der Waals surface area contributed by atoms with E-state index in [1.54, 1.807) is 0 Å². The fourth-order valence-electron chi connectivity index (χ4n) is 2.09. The first kappa shape index (κ1) is 10.3. The fraction of sp³-hybridized carbons (Fsp3) is 0.727. The summed E-state index contributed by atoms with van der Waals surface area (Å²) in [7, 11) is 0. The van der Waals surface area contributed by atoms with E-state index in [-0.39, 0.29) is 5.60 Å². The maximum absolute atomic E-state index is 10.3. The summed E-state index contributed by atoms with van der Waals surface area (Å²) in [5.41, 5.74) is -0.363. The minimum atomic E-state index is -0.363. The number of allylic oxidation sites excluding steroid dienone is 1. The van der Waals surface area contributed by atoms with Crippen LogP contribution in [0.5, 0.6) is 0 Å². The van der Waals surface area contributed by atoms with Gasteiger partial charge in [-0.3, -0.25) is 4.79 Å². The van der Waals surface area contributed by atoms with E-state index < -0.39 is 0 Å². The summed E-state index contributed by atoms with van der Waals surface area (Å²) < 4.78 is 5.11. The molecule has 0 amide bonds. The smallest absolute Gasteiger partial charge is 0.293 e. The maximum Gasteiger partial charge on any atom is 0.293 e. The lowest BCUT2D eigenvalue weighted by Crippen LogP contribution is -2.37. The Hall–Kier alpha value is -0.790. The molecule has 2 heteroatoms. The Kier molecular flexibility index (Phi) is 3.12. The van der Waals surface area contributed by atoms with Gasteiger partial charge in [-0.1, -0.05) is 19.1 Å². The van der Waals surface area contributed by atoms with Crippen LogP contribution >= 0.6 is 0 Å². The Morgan fingerprint density at radius 3 is 2.77 bits per heavy atom. The summed E-state index contributed by atoms with van der Waals surface area (Å²) in [6, 6.07) is 0. The summed E-state index contributed by atoms with van der Waals surface area (Å²) in [5, 5.41) is 0. The molecule has 0 aliphatic heterocycles. The van der Waals surface area contributed by atoms with Gasteiger partial charge in [0.25, 0.3) is 6.47 Å². The fourth-order valence-corrected chi connectivity index (χ4v) is 2.09. The first-order chi connectivity index (χ1) is 6.08. The van der Waals surface area contributed by atoms with Crippen molar-refractivity contribution >= 4 is 6.47 Å². The third-order valence-electron chi connectivity index (χ3n) is 2.90. The van der Waals surface area contributed by atoms with Crippen LogP contribution in [0.25, 0.3) is 0 Å². The van der Waals surface area contributed by atoms with Crippen LogP contribution in [0.2, 0.25) is 0 Å². The molecule has 0 heterocycles. The summed E-state index contributed by atoms with van der Waals surface area (Å²) in [4.78, 5) is 10.3. The molecule has 0 radical (unpaired) electrons. The van der Waals surface area contributed by atoms with Crippen molar-refractivity contribution < 1.29 is 9.53 Å². The van der Waals surface area contributed by atoms with Crippen molar-refractivity contribution in [2.24, 2.45) is 11.8 Å². The molecule has 0 aromatic carbocycles. The van der Waals surface area contributed by atoms with E-state index in [1.165, 1.54) is 6.42 Å². The van der Waals surface area contributed by atoms with Gasteiger partial charge < -0.3 is 4.74 Å². The molecule has 2 nitrogen and oxygen atoms in total. The molecule has 0 saturated carbocycles. The lowest BCUT2D eigenvalue weighted by Gasteiger charge is -2.36. The number of carbonyl (C=O) groups excluding carboxylic acids is 1. The summed E-state index contributed by atoms with van der Waals surface area (Å²) in [6.07, 6.45) is 6.69. The van der Waals surface area contributed by atoms with Gasteiger partial charge in [-0.2, -0.15) is 0 Å². The van der Waals surface area contributed by atoms with Crippen molar-refractivity contribution in [3.63, 3.8) is 0 Å². The average Bonchev–Trinajstić information content (AvgIpc) is 2.04. The van der Waals surface area contributed by atoms with Crippen molar-refractivity contribution in [1.82, 2.24) is 0 Å². The van der Waals surface area contributed by atoms with Gasteiger partial charge in [0.15, 0.2) is 0 Å². The molecular weight excluding hydrogens is 164 g/mol. The van der Waals surface area contributed by atoms with Crippen molar-refractivity contribution in [2.75, 3.05) is 0 Å². The second-order valence-electron chi connectivity index (χ2n) is 4.33. The normalized spacial score (nSPS) is 28.5. The molecule has 2 unspecified atom stereocenters. The van der Waals surface area contributed by atoms with E-state index in [0.29, 0.717) is 18.3 Å². The van der Waals surface area contributed by atoms with Gasteiger partial charge in [0, 0.05) is 5.92 Å². The third-order valence-corrected chi connectivity index (χ3v) is 2.90. The highest BCUT2D eigenvalue weighted by atomic mass is 16.5. The van der Waals surface area contributed by atoms with Crippen LogP contribution in [0.1, 0.15) is 33.6 Å². The van der Waals surface area contributed by atoms with Crippen molar-refractivity contribution in [2.45, 2.75) is 39.2 Å². The third kappa shape index (κ3) is 2.33. The van der Waals surface area contributed by atoms with Crippen LogP contribution in [-0.2, 0) is 9.53 Å². The zero-order valence-electron chi connectivity index (χ0n) is 8.62. The van der Waals surface area contributed by atoms with E-state index in [0.717, 1.165) is 6.42 Å². The molecule has 0 bridgehead atoms. The molecule has 0 fully saturated rings. The van der Waals surface area contributed by atoms with Gasteiger partial charge in [0.1, 0.15) is 5.60 Å². The van der Waals surface area contributed by atoms with E-state index in [4.69, 9.17) is 4.74 Å². The van der Waals surface area contributed by atoms with E-state index in [1.807, 2.05) is 13.8 Å². The van der Waals surface area contributed by atoms with Crippen LogP contribution in [0, 0.1) is 11.8 Å². The summed E-state index contributed by atoms with van der Waals surface area (Å²) in [5.74, 6) is 0.950. The molecule has 0 aromatic heterocycles. The zero-order chi connectivity index (χ0) is 9.90. The van der Waals surface area contributed by atoms with Crippen LogP contribution in [0.15, 0.2) is 12.2 Å². The van der Waals surface area contributed by atoms with Gasteiger partial charge in [-0.05, 0) is 32.6 Å². The number of hydrogen-bond acceptors (Lipinski definition) is 2. The molecule has 0 N–H and O–H groups in total. The maximum atomic E-state index is 10.3. The second-order valence-corrected chi connectivity index (χ2v) is 4.33. The van der Waals surface area contributed by atoms with E-state index in [2.05, 4.69) is 19.1 Å². The van der Waals surface area contributed by atoms with Gasteiger partial charge >= 0.3 is 0 Å².